The molecule has 0 fully saturated rings. The van der Waals surface area contributed by atoms with Gasteiger partial charge in [0, 0.05) is 17.3 Å². The fourth-order valence-electron chi connectivity index (χ4n) is 0.823. The number of phenolic OH excluding ortho intramolecular Hbond substituents is 3. The minimum atomic E-state index is -0.391. The summed E-state index contributed by atoms with van der Waals surface area (Å²) in [7, 11) is 0. The minimum absolute atomic E-state index is 0.128. The molecule has 0 aliphatic rings. The molecule has 0 saturated heterocycles. The first-order valence-electron chi connectivity index (χ1n) is 3.22. The van der Waals surface area contributed by atoms with E-state index in [1.807, 2.05) is 0 Å². The Morgan fingerprint density at radius 3 is 2.08 bits per heavy atom. The average Bonchev–Trinajstić information content (AvgIpc) is 1.96. The zero-order valence-electron chi connectivity index (χ0n) is 6.28. The SMILES string of the molecule is C=C(N)c1cc(O)c(O)cc1O. The highest BCUT2D eigenvalue weighted by Gasteiger charge is 2.07. The van der Waals surface area contributed by atoms with Gasteiger partial charge in [0.05, 0.1) is 0 Å². The first-order valence-corrected chi connectivity index (χ1v) is 3.22. The van der Waals surface area contributed by atoms with E-state index in [9.17, 15) is 5.11 Å². The fraction of sp³-hybridized carbons (Fsp3) is 0. The maximum Gasteiger partial charge on any atom is 0.161 e. The number of rotatable bonds is 1. The number of nitrogens with two attached hydrogens (primary N) is 1. The highest BCUT2D eigenvalue weighted by atomic mass is 16.3. The lowest BCUT2D eigenvalue weighted by atomic mass is 10.1. The Labute approximate surface area is 69.2 Å². The summed E-state index contributed by atoms with van der Waals surface area (Å²) < 4.78 is 0. The van der Waals surface area contributed by atoms with Crippen LogP contribution >= 0.6 is 0 Å². The van der Waals surface area contributed by atoms with Crippen LogP contribution in [0.1, 0.15) is 5.56 Å². The Bertz CT molecular complexity index is 333. The van der Waals surface area contributed by atoms with Gasteiger partial charge in [-0.05, 0) is 6.07 Å². The van der Waals surface area contributed by atoms with Gasteiger partial charge in [0.1, 0.15) is 5.75 Å². The number of hydrogen-bond donors (Lipinski definition) is 4. The van der Waals surface area contributed by atoms with Crippen LogP contribution in [0, 0.1) is 0 Å². The van der Waals surface area contributed by atoms with E-state index in [4.69, 9.17) is 15.9 Å². The van der Waals surface area contributed by atoms with Gasteiger partial charge in [-0.2, -0.15) is 0 Å². The van der Waals surface area contributed by atoms with Crippen molar-refractivity contribution >= 4 is 5.70 Å². The van der Waals surface area contributed by atoms with E-state index < -0.39 is 5.75 Å². The lowest BCUT2D eigenvalue weighted by molar-refractivity contribution is 0.396. The number of aromatic hydroxyl groups is 3. The summed E-state index contributed by atoms with van der Waals surface area (Å²) in [6.45, 7) is 3.38. The molecule has 0 aliphatic heterocycles. The summed E-state index contributed by atoms with van der Waals surface area (Å²) in [5.41, 5.74) is 5.63. The Morgan fingerprint density at radius 2 is 1.58 bits per heavy atom. The smallest absolute Gasteiger partial charge is 0.161 e. The molecule has 0 amide bonds. The second-order valence-electron chi connectivity index (χ2n) is 2.38. The molecule has 0 heterocycles. The van der Waals surface area contributed by atoms with Crippen molar-refractivity contribution in [2.24, 2.45) is 5.73 Å². The quantitative estimate of drug-likeness (QED) is 0.367. The van der Waals surface area contributed by atoms with E-state index in [0.717, 1.165) is 12.1 Å². The van der Waals surface area contributed by atoms with Gasteiger partial charge in [-0.15, -0.1) is 0 Å². The molecular formula is C8H9NO3. The van der Waals surface area contributed by atoms with E-state index in [1.54, 1.807) is 0 Å². The van der Waals surface area contributed by atoms with Gasteiger partial charge in [0.15, 0.2) is 11.5 Å². The Balaban J connectivity index is 3.33. The lowest BCUT2D eigenvalue weighted by Crippen LogP contribution is -1.93. The van der Waals surface area contributed by atoms with E-state index in [2.05, 4.69) is 6.58 Å². The summed E-state index contributed by atoms with van der Waals surface area (Å²) in [6, 6.07) is 2.15. The van der Waals surface area contributed by atoms with Crippen LogP contribution < -0.4 is 5.73 Å². The molecule has 0 atom stereocenters. The normalized spacial score (nSPS) is 9.67. The Kier molecular flexibility index (Phi) is 1.83. The molecule has 0 aromatic heterocycles. The van der Waals surface area contributed by atoms with E-state index in [1.165, 1.54) is 0 Å². The molecule has 4 heteroatoms. The zero-order valence-corrected chi connectivity index (χ0v) is 6.28. The molecule has 1 rings (SSSR count). The van der Waals surface area contributed by atoms with E-state index >= 15 is 0 Å². The van der Waals surface area contributed by atoms with Crippen LogP contribution in [0.5, 0.6) is 17.2 Å². The molecule has 0 unspecified atom stereocenters. The molecule has 0 aliphatic carbocycles. The van der Waals surface area contributed by atoms with Crippen molar-refractivity contribution < 1.29 is 15.3 Å². The minimum Gasteiger partial charge on any atom is -0.507 e. The van der Waals surface area contributed by atoms with E-state index in [-0.39, 0.29) is 22.8 Å². The van der Waals surface area contributed by atoms with Gasteiger partial charge in [0.25, 0.3) is 0 Å². The monoisotopic (exact) mass is 167 g/mol. The number of phenols is 3. The summed E-state index contributed by atoms with van der Waals surface area (Å²) >= 11 is 0. The second-order valence-corrected chi connectivity index (χ2v) is 2.38. The molecule has 12 heavy (non-hydrogen) atoms. The summed E-state index contributed by atoms with van der Waals surface area (Å²) in [6.07, 6.45) is 0. The van der Waals surface area contributed by atoms with Crippen molar-refractivity contribution in [3.8, 4) is 17.2 Å². The van der Waals surface area contributed by atoms with Crippen LogP contribution in [0.2, 0.25) is 0 Å². The number of benzene rings is 1. The summed E-state index contributed by atoms with van der Waals surface area (Å²) in [5.74, 6) is -0.940. The first-order chi connectivity index (χ1) is 5.52. The molecule has 0 spiro atoms. The maximum absolute atomic E-state index is 9.17. The van der Waals surface area contributed by atoms with Crippen LogP contribution in [-0.4, -0.2) is 15.3 Å². The van der Waals surface area contributed by atoms with Crippen LogP contribution in [0.15, 0.2) is 18.7 Å². The zero-order chi connectivity index (χ0) is 9.30. The molecule has 64 valence electrons. The fourth-order valence-corrected chi connectivity index (χ4v) is 0.823. The van der Waals surface area contributed by atoms with Gasteiger partial charge in [-0.25, -0.2) is 0 Å². The summed E-state index contributed by atoms with van der Waals surface area (Å²) in [4.78, 5) is 0. The lowest BCUT2D eigenvalue weighted by Gasteiger charge is -2.05. The molecule has 0 radical (unpaired) electrons. The van der Waals surface area contributed by atoms with Crippen LogP contribution in [0.3, 0.4) is 0 Å². The predicted octanol–water partition coefficient (Wildman–Crippen LogP) is 0.733. The van der Waals surface area contributed by atoms with Crippen molar-refractivity contribution in [3.63, 3.8) is 0 Å². The topological polar surface area (TPSA) is 86.7 Å². The largest absolute Gasteiger partial charge is 0.507 e. The highest BCUT2D eigenvalue weighted by molar-refractivity contribution is 5.69. The van der Waals surface area contributed by atoms with Crippen LogP contribution in [0.25, 0.3) is 5.70 Å². The van der Waals surface area contributed by atoms with Gasteiger partial charge in [-0.3, -0.25) is 0 Å². The van der Waals surface area contributed by atoms with Crippen molar-refractivity contribution in [3.05, 3.63) is 24.3 Å². The molecule has 0 bridgehead atoms. The average molecular weight is 167 g/mol. The predicted molar refractivity (Wildman–Crippen MR) is 44.7 cm³/mol. The molecule has 5 N–H and O–H groups in total. The third kappa shape index (κ3) is 1.27. The molecular weight excluding hydrogens is 158 g/mol. The number of hydrogen-bond acceptors (Lipinski definition) is 4. The highest BCUT2D eigenvalue weighted by Crippen LogP contribution is 2.33. The third-order valence-electron chi connectivity index (χ3n) is 1.44. The van der Waals surface area contributed by atoms with Crippen molar-refractivity contribution in [2.45, 2.75) is 0 Å². The maximum atomic E-state index is 9.17. The van der Waals surface area contributed by atoms with Crippen LogP contribution in [0.4, 0.5) is 0 Å². The van der Waals surface area contributed by atoms with Crippen molar-refractivity contribution in [2.75, 3.05) is 0 Å². The molecule has 1 aromatic carbocycles. The van der Waals surface area contributed by atoms with Gasteiger partial charge in [0.2, 0.25) is 0 Å². The third-order valence-corrected chi connectivity index (χ3v) is 1.44. The van der Waals surface area contributed by atoms with Gasteiger partial charge >= 0.3 is 0 Å². The van der Waals surface area contributed by atoms with Crippen molar-refractivity contribution in [1.29, 1.82) is 0 Å². The Morgan fingerprint density at radius 1 is 1.08 bits per heavy atom. The van der Waals surface area contributed by atoms with E-state index in [0.29, 0.717) is 0 Å². The first kappa shape index (κ1) is 8.26. The summed E-state index contributed by atoms with van der Waals surface area (Å²) in [5, 5.41) is 27.1. The van der Waals surface area contributed by atoms with Gasteiger partial charge in [-0.1, -0.05) is 6.58 Å². The van der Waals surface area contributed by atoms with Gasteiger partial charge < -0.3 is 21.1 Å². The van der Waals surface area contributed by atoms with Crippen molar-refractivity contribution in [1.82, 2.24) is 0 Å². The standard InChI is InChI=1S/C8H9NO3/c1-4(9)5-2-7(11)8(12)3-6(5)10/h2-3,10-12H,1,9H2. The molecule has 1 aromatic rings. The van der Waals surface area contributed by atoms with Crippen LogP contribution in [-0.2, 0) is 0 Å². The second kappa shape index (κ2) is 2.65. The molecule has 0 saturated carbocycles. The molecule has 4 nitrogen and oxygen atoms in total. The Hall–Kier alpha value is -1.84.